The van der Waals surface area contributed by atoms with Gasteiger partial charge in [-0.25, -0.2) is 4.98 Å². The molecule has 3 aromatic rings. The maximum Gasteiger partial charge on any atom is 0.320 e. The van der Waals surface area contributed by atoms with Gasteiger partial charge in [0, 0.05) is 51.7 Å². The first-order valence-electron chi connectivity index (χ1n) is 9.40. The maximum atomic E-state index is 12.0. The average Bonchev–Trinajstić information content (AvgIpc) is 3.01. The van der Waals surface area contributed by atoms with E-state index in [1.54, 1.807) is 31.8 Å². The highest BCUT2D eigenvalue weighted by Gasteiger charge is 2.17. The lowest BCUT2D eigenvalue weighted by molar-refractivity contribution is -0.140. The van der Waals surface area contributed by atoms with Crippen molar-refractivity contribution in [1.82, 2.24) is 19.4 Å². The quantitative estimate of drug-likeness (QED) is 0.601. The molecule has 0 bridgehead atoms. The summed E-state index contributed by atoms with van der Waals surface area (Å²) >= 11 is 0. The number of pyridine rings is 1. The molecular formula is C21H26N4O4. The molecule has 0 aliphatic carbocycles. The van der Waals surface area contributed by atoms with Crippen molar-refractivity contribution in [2.24, 2.45) is 14.1 Å². The number of carboxylic acids is 1. The molecule has 0 saturated heterocycles. The number of carboxylic acid groups (broad SMARTS) is 1. The van der Waals surface area contributed by atoms with Crippen LogP contribution in [0.1, 0.15) is 17.5 Å². The van der Waals surface area contributed by atoms with Crippen LogP contribution in [0.15, 0.2) is 35.3 Å². The number of methoxy groups -OCH3 is 1. The van der Waals surface area contributed by atoms with E-state index in [1.165, 1.54) is 0 Å². The van der Waals surface area contributed by atoms with E-state index in [4.69, 9.17) is 9.72 Å². The van der Waals surface area contributed by atoms with Crippen LogP contribution in [0, 0.1) is 6.92 Å². The number of aliphatic carboxylic acids is 1. The van der Waals surface area contributed by atoms with Crippen LogP contribution in [0.3, 0.4) is 0 Å². The molecule has 2 heterocycles. The Kier molecular flexibility index (Phi) is 6.14. The molecule has 1 aromatic carbocycles. The fourth-order valence-corrected chi connectivity index (χ4v) is 3.40. The third-order valence-corrected chi connectivity index (χ3v) is 5.03. The molecule has 2 N–H and O–H groups in total. The number of benzene rings is 1. The lowest BCUT2D eigenvalue weighted by atomic mass is 10.1. The van der Waals surface area contributed by atoms with Gasteiger partial charge in [0.25, 0.3) is 5.56 Å². The molecule has 0 radical (unpaired) electrons. The number of rotatable bonds is 8. The van der Waals surface area contributed by atoms with Gasteiger partial charge in [0.2, 0.25) is 0 Å². The summed E-state index contributed by atoms with van der Waals surface area (Å²) < 4.78 is 8.53. The van der Waals surface area contributed by atoms with Gasteiger partial charge in [-0.15, -0.1) is 0 Å². The summed E-state index contributed by atoms with van der Waals surface area (Å²) in [7, 11) is 5.22. The minimum atomic E-state index is -0.895. The van der Waals surface area contributed by atoms with E-state index < -0.39 is 12.0 Å². The topological polar surface area (TPSA) is 98.4 Å². The number of aromatic nitrogens is 3. The van der Waals surface area contributed by atoms with Gasteiger partial charge in [-0.05, 0) is 37.1 Å². The third kappa shape index (κ3) is 4.38. The number of nitrogens with zero attached hydrogens (tertiary/aromatic N) is 3. The molecule has 0 aliphatic heterocycles. The Morgan fingerprint density at radius 2 is 2.07 bits per heavy atom. The standard InChI is InChI=1S/C21H26N4O4/c1-13-9-15(12-24(2)20(13)26)19-23-17-10-14(5-6-18(17)25(19)3)11-22-16(21(27)28)7-8-29-4/h5-6,9-10,12,16,22H,7-8,11H2,1-4H3,(H,27,28)/t16-/m0/s1. The number of fused-ring (bicyclic) bond motifs is 1. The summed E-state index contributed by atoms with van der Waals surface area (Å²) in [6.45, 7) is 2.59. The summed E-state index contributed by atoms with van der Waals surface area (Å²) in [5.74, 6) is -0.124. The monoisotopic (exact) mass is 398 g/mol. The zero-order valence-electron chi connectivity index (χ0n) is 17.1. The number of aryl methyl sites for hydroxylation is 3. The van der Waals surface area contributed by atoms with Gasteiger partial charge in [-0.1, -0.05) is 6.07 Å². The van der Waals surface area contributed by atoms with Crippen LogP contribution in [0.25, 0.3) is 22.4 Å². The smallest absolute Gasteiger partial charge is 0.320 e. The fourth-order valence-electron chi connectivity index (χ4n) is 3.40. The van der Waals surface area contributed by atoms with Crippen LogP contribution in [0.4, 0.5) is 0 Å². The molecule has 154 valence electrons. The number of hydrogen-bond donors (Lipinski definition) is 2. The van der Waals surface area contributed by atoms with Gasteiger partial charge in [-0.2, -0.15) is 0 Å². The second-order valence-electron chi connectivity index (χ2n) is 7.20. The Hall–Kier alpha value is -2.97. The Balaban J connectivity index is 1.88. The van der Waals surface area contributed by atoms with Crippen molar-refractivity contribution in [1.29, 1.82) is 0 Å². The van der Waals surface area contributed by atoms with E-state index in [9.17, 15) is 14.7 Å². The van der Waals surface area contributed by atoms with E-state index in [2.05, 4.69) is 5.32 Å². The van der Waals surface area contributed by atoms with Crippen LogP contribution >= 0.6 is 0 Å². The zero-order valence-corrected chi connectivity index (χ0v) is 17.1. The van der Waals surface area contributed by atoms with E-state index in [1.807, 2.05) is 35.9 Å². The van der Waals surface area contributed by atoms with E-state index in [0.717, 1.165) is 28.0 Å². The molecule has 8 nitrogen and oxygen atoms in total. The predicted octanol–water partition coefficient (Wildman–Crippen LogP) is 1.83. The largest absolute Gasteiger partial charge is 0.480 e. The minimum absolute atomic E-state index is 0.0256. The first-order valence-corrected chi connectivity index (χ1v) is 9.40. The summed E-state index contributed by atoms with van der Waals surface area (Å²) in [6, 6.07) is 7.07. The number of nitrogens with one attached hydrogen (secondary N) is 1. The van der Waals surface area contributed by atoms with Crippen LogP contribution in [0.5, 0.6) is 0 Å². The molecule has 0 saturated carbocycles. The van der Waals surface area contributed by atoms with Gasteiger partial charge in [-0.3, -0.25) is 9.59 Å². The van der Waals surface area contributed by atoms with Gasteiger partial charge in [0.1, 0.15) is 11.9 Å². The summed E-state index contributed by atoms with van der Waals surface area (Å²) in [6.07, 6.45) is 2.18. The SMILES string of the molecule is COCC[C@H](NCc1ccc2c(c1)nc(-c1cc(C)c(=O)n(C)c1)n2C)C(=O)O. The first-order chi connectivity index (χ1) is 13.8. The molecule has 0 unspecified atom stereocenters. The van der Waals surface area contributed by atoms with Crippen LogP contribution < -0.4 is 10.9 Å². The fraction of sp³-hybridized carbons (Fsp3) is 0.381. The molecule has 29 heavy (non-hydrogen) atoms. The number of carbonyl (C=O) groups is 1. The van der Waals surface area contributed by atoms with Crippen molar-refractivity contribution in [3.8, 4) is 11.4 Å². The van der Waals surface area contributed by atoms with E-state index in [0.29, 0.717) is 25.1 Å². The molecule has 0 fully saturated rings. The molecule has 2 aromatic heterocycles. The normalized spacial score (nSPS) is 12.4. The average molecular weight is 398 g/mol. The van der Waals surface area contributed by atoms with Gasteiger partial charge < -0.3 is 24.3 Å². The Morgan fingerprint density at radius 3 is 2.72 bits per heavy atom. The summed E-state index contributed by atoms with van der Waals surface area (Å²) in [5, 5.41) is 12.4. The lowest BCUT2D eigenvalue weighted by Crippen LogP contribution is -2.37. The molecule has 0 aliphatic rings. The lowest BCUT2D eigenvalue weighted by Gasteiger charge is -2.14. The van der Waals surface area contributed by atoms with Gasteiger partial charge in [0.05, 0.1) is 11.0 Å². The second-order valence-corrected chi connectivity index (χ2v) is 7.20. The highest BCUT2D eigenvalue weighted by molar-refractivity contribution is 5.81. The van der Waals surface area contributed by atoms with Crippen molar-refractivity contribution in [2.45, 2.75) is 25.9 Å². The summed E-state index contributed by atoms with van der Waals surface area (Å²) in [4.78, 5) is 28.1. The maximum absolute atomic E-state index is 12.0. The van der Waals surface area contributed by atoms with E-state index >= 15 is 0 Å². The Bertz CT molecular complexity index is 1070. The van der Waals surface area contributed by atoms with Crippen molar-refractivity contribution < 1.29 is 14.6 Å². The van der Waals surface area contributed by atoms with Crippen molar-refractivity contribution in [3.63, 3.8) is 0 Å². The molecule has 0 spiro atoms. The van der Waals surface area contributed by atoms with Gasteiger partial charge >= 0.3 is 5.97 Å². The Morgan fingerprint density at radius 1 is 1.31 bits per heavy atom. The molecular weight excluding hydrogens is 372 g/mol. The van der Waals surface area contributed by atoms with Crippen LogP contribution in [-0.4, -0.2) is 45.0 Å². The number of ether oxygens (including phenoxy) is 1. The third-order valence-electron chi connectivity index (χ3n) is 5.03. The molecule has 3 rings (SSSR count). The zero-order chi connectivity index (χ0) is 21.1. The number of hydrogen-bond acceptors (Lipinski definition) is 5. The van der Waals surface area contributed by atoms with Crippen molar-refractivity contribution >= 4 is 17.0 Å². The Labute approximate surface area is 168 Å². The second kappa shape index (κ2) is 8.59. The molecule has 8 heteroatoms. The molecule has 0 amide bonds. The molecule has 1 atom stereocenters. The number of imidazole rings is 1. The summed E-state index contributed by atoms with van der Waals surface area (Å²) in [5.41, 5.74) is 4.23. The van der Waals surface area contributed by atoms with Crippen molar-refractivity contribution in [3.05, 3.63) is 51.9 Å². The van der Waals surface area contributed by atoms with Crippen molar-refractivity contribution in [2.75, 3.05) is 13.7 Å². The predicted molar refractivity (Wildman–Crippen MR) is 111 cm³/mol. The van der Waals surface area contributed by atoms with Crippen LogP contribution in [0.2, 0.25) is 0 Å². The first kappa shape index (κ1) is 20.8. The van der Waals surface area contributed by atoms with Gasteiger partial charge in [0.15, 0.2) is 0 Å². The highest BCUT2D eigenvalue weighted by Crippen LogP contribution is 2.24. The van der Waals surface area contributed by atoms with E-state index in [-0.39, 0.29) is 5.56 Å². The highest BCUT2D eigenvalue weighted by atomic mass is 16.5. The van der Waals surface area contributed by atoms with Crippen LogP contribution in [-0.2, 0) is 30.2 Å². The minimum Gasteiger partial charge on any atom is -0.480 e.